The highest BCUT2D eigenvalue weighted by Crippen LogP contribution is 2.38. The van der Waals surface area contributed by atoms with Gasteiger partial charge in [0.25, 0.3) is 6.01 Å². The van der Waals surface area contributed by atoms with Crippen LogP contribution >= 0.6 is 0 Å². The molecule has 0 spiro atoms. The Labute approximate surface area is 111 Å². The largest absolute Gasteiger partial charge is 0.461 e. The van der Waals surface area contributed by atoms with Gasteiger partial charge in [-0.2, -0.15) is 4.98 Å². The predicted molar refractivity (Wildman–Crippen MR) is 69.0 cm³/mol. The zero-order chi connectivity index (χ0) is 13.4. The van der Waals surface area contributed by atoms with Gasteiger partial charge in [0.05, 0.1) is 6.61 Å². The van der Waals surface area contributed by atoms with Gasteiger partial charge in [0.2, 0.25) is 0 Å². The second-order valence-electron chi connectivity index (χ2n) is 5.26. The van der Waals surface area contributed by atoms with Crippen molar-refractivity contribution < 1.29 is 13.9 Å². The molecule has 1 aromatic rings. The van der Waals surface area contributed by atoms with E-state index in [1.165, 1.54) is 6.26 Å². The van der Waals surface area contributed by atoms with Crippen molar-refractivity contribution in [1.29, 1.82) is 0 Å². The lowest BCUT2D eigenvalue weighted by atomic mass is 9.99. The number of carbonyl (C=O) groups is 1. The summed E-state index contributed by atoms with van der Waals surface area (Å²) in [5.74, 6) is -0.432. The van der Waals surface area contributed by atoms with Gasteiger partial charge in [-0.15, -0.1) is 0 Å². The molecule has 1 aromatic heterocycles. The summed E-state index contributed by atoms with van der Waals surface area (Å²) in [7, 11) is 0. The molecule has 2 aliphatic heterocycles. The highest BCUT2D eigenvalue weighted by Gasteiger charge is 2.42. The van der Waals surface area contributed by atoms with Crippen molar-refractivity contribution in [3.8, 4) is 0 Å². The summed E-state index contributed by atoms with van der Waals surface area (Å²) in [6.07, 6.45) is 5.55. The quantitative estimate of drug-likeness (QED) is 0.830. The van der Waals surface area contributed by atoms with E-state index in [0.717, 1.165) is 25.7 Å². The lowest BCUT2D eigenvalue weighted by molar-refractivity contribution is 0.0519. The van der Waals surface area contributed by atoms with Crippen molar-refractivity contribution in [2.45, 2.75) is 50.7 Å². The maximum absolute atomic E-state index is 11.6. The SMILES string of the molecule is CCOC(=O)c1coc(N2C3CCC2CC(N)C3)n1. The normalized spacial score (nSPS) is 29.6. The number of hydrogen-bond donors (Lipinski definition) is 1. The Morgan fingerprint density at radius 2 is 2.21 bits per heavy atom. The molecule has 2 N–H and O–H groups in total. The maximum Gasteiger partial charge on any atom is 0.360 e. The van der Waals surface area contributed by atoms with E-state index < -0.39 is 5.97 Å². The fourth-order valence-electron chi connectivity index (χ4n) is 3.21. The molecule has 2 unspecified atom stereocenters. The highest BCUT2D eigenvalue weighted by atomic mass is 16.5. The fourth-order valence-corrected chi connectivity index (χ4v) is 3.21. The monoisotopic (exact) mass is 265 g/mol. The van der Waals surface area contributed by atoms with Crippen LogP contribution in [0.4, 0.5) is 6.01 Å². The van der Waals surface area contributed by atoms with E-state index in [1.807, 2.05) is 0 Å². The summed E-state index contributed by atoms with van der Waals surface area (Å²) in [5, 5.41) is 0. The van der Waals surface area contributed by atoms with Crippen LogP contribution in [-0.4, -0.2) is 35.7 Å². The van der Waals surface area contributed by atoms with Gasteiger partial charge in [-0.25, -0.2) is 4.79 Å². The second kappa shape index (κ2) is 4.85. The lowest BCUT2D eigenvalue weighted by Crippen LogP contribution is -2.47. The Hall–Kier alpha value is -1.56. The van der Waals surface area contributed by atoms with Crippen molar-refractivity contribution in [3.05, 3.63) is 12.0 Å². The van der Waals surface area contributed by atoms with Gasteiger partial charge in [0.15, 0.2) is 5.69 Å². The van der Waals surface area contributed by atoms with Crippen molar-refractivity contribution in [1.82, 2.24) is 4.98 Å². The number of hydrogen-bond acceptors (Lipinski definition) is 6. The average Bonchev–Trinajstić information content (AvgIpc) is 2.93. The molecular weight excluding hydrogens is 246 g/mol. The first kappa shape index (κ1) is 12.5. The molecule has 0 radical (unpaired) electrons. The number of esters is 1. The van der Waals surface area contributed by atoms with E-state index in [-0.39, 0.29) is 11.7 Å². The standard InChI is InChI=1S/C13H19N3O3/c1-2-18-12(17)11-7-19-13(15-11)16-9-3-4-10(16)6-8(14)5-9/h7-10H,2-6,14H2,1H3. The fraction of sp³-hybridized carbons (Fsp3) is 0.692. The molecule has 6 heteroatoms. The zero-order valence-corrected chi connectivity index (χ0v) is 11.0. The number of fused-ring (bicyclic) bond motifs is 2. The number of piperidine rings is 1. The molecule has 0 aliphatic carbocycles. The molecule has 6 nitrogen and oxygen atoms in total. The van der Waals surface area contributed by atoms with E-state index >= 15 is 0 Å². The van der Waals surface area contributed by atoms with Gasteiger partial charge in [-0.3, -0.25) is 0 Å². The van der Waals surface area contributed by atoms with Crippen LogP contribution in [0.1, 0.15) is 43.1 Å². The smallest absolute Gasteiger partial charge is 0.360 e. The predicted octanol–water partition coefficient (Wildman–Crippen LogP) is 1.31. The molecule has 2 fully saturated rings. The molecule has 0 saturated carbocycles. The van der Waals surface area contributed by atoms with Gasteiger partial charge >= 0.3 is 5.97 Å². The van der Waals surface area contributed by atoms with Gasteiger partial charge in [0.1, 0.15) is 6.26 Å². The van der Waals surface area contributed by atoms with Gasteiger partial charge in [0, 0.05) is 18.1 Å². The first-order valence-corrected chi connectivity index (χ1v) is 6.85. The minimum atomic E-state index is -0.432. The molecule has 3 rings (SSSR count). The molecule has 2 saturated heterocycles. The zero-order valence-electron chi connectivity index (χ0n) is 11.0. The van der Waals surface area contributed by atoms with Gasteiger partial charge in [-0.1, -0.05) is 0 Å². The number of rotatable bonds is 3. The lowest BCUT2D eigenvalue weighted by Gasteiger charge is -2.36. The van der Waals surface area contributed by atoms with Crippen molar-refractivity contribution in [2.24, 2.45) is 5.73 Å². The molecule has 3 heterocycles. The second-order valence-corrected chi connectivity index (χ2v) is 5.26. The van der Waals surface area contributed by atoms with Crippen LogP contribution in [0.2, 0.25) is 0 Å². The Bertz CT molecular complexity index is 459. The summed E-state index contributed by atoms with van der Waals surface area (Å²) in [6, 6.07) is 1.58. The van der Waals surface area contributed by atoms with Crippen LogP contribution in [0, 0.1) is 0 Å². The van der Waals surface area contributed by atoms with Crippen molar-refractivity contribution >= 4 is 12.0 Å². The van der Waals surface area contributed by atoms with Crippen LogP contribution < -0.4 is 10.6 Å². The van der Waals surface area contributed by atoms with Gasteiger partial charge in [-0.05, 0) is 32.6 Å². The van der Waals surface area contributed by atoms with Crippen molar-refractivity contribution in [2.75, 3.05) is 11.5 Å². The Balaban J connectivity index is 1.78. The summed E-state index contributed by atoms with van der Waals surface area (Å²) in [5.41, 5.74) is 6.28. The first-order valence-electron chi connectivity index (χ1n) is 6.85. The molecule has 2 atom stereocenters. The molecular formula is C13H19N3O3. The molecule has 0 amide bonds. The highest BCUT2D eigenvalue weighted by molar-refractivity contribution is 5.87. The van der Waals surface area contributed by atoms with Crippen LogP contribution in [0.25, 0.3) is 0 Å². The minimum absolute atomic E-state index is 0.242. The van der Waals surface area contributed by atoms with E-state index in [0.29, 0.717) is 24.7 Å². The Morgan fingerprint density at radius 1 is 1.53 bits per heavy atom. The topological polar surface area (TPSA) is 81.6 Å². The number of anilines is 1. The third kappa shape index (κ3) is 2.20. The molecule has 0 aromatic carbocycles. The van der Waals surface area contributed by atoms with Crippen LogP contribution in [-0.2, 0) is 4.74 Å². The Morgan fingerprint density at radius 3 is 2.84 bits per heavy atom. The number of ether oxygens (including phenoxy) is 1. The summed E-state index contributed by atoms with van der Waals surface area (Å²) in [4.78, 5) is 18.0. The first-order chi connectivity index (χ1) is 9.19. The number of nitrogens with two attached hydrogens (primary N) is 1. The number of aromatic nitrogens is 1. The minimum Gasteiger partial charge on any atom is -0.461 e. The summed E-state index contributed by atoms with van der Waals surface area (Å²) in [6.45, 7) is 2.11. The van der Waals surface area contributed by atoms with E-state index in [9.17, 15) is 4.79 Å². The van der Waals surface area contributed by atoms with Crippen molar-refractivity contribution in [3.63, 3.8) is 0 Å². The maximum atomic E-state index is 11.6. The van der Waals surface area contributed by atoms with Crippen LogP contribution in [0.3, 0.4) is 0 Å². The van der Waals surface area contributed by atoms with Gasteiger partial charge < -0.3 is 19.8 Å². The molecule has 2 aliphatic rings. The summed E-state index contributed by atoms with van der Waals surface area (Å²) >= 11 is 0. The van der Waals surface area contributed by atoms with Crippen LogP contribution in [0.5, 0.6) is 0 Å². The van der Waals surface area contributed by atoms with E-state index in [1.54, 1.807) is 6.92 Å². The summed E-state index contributed by atoms with van der Waals surface area (Å²) < 4.78 is 10.4. The average molecular weight is 265 g/mol. The number of oxazole rings is 1. The molecule has 2 bridgehead atoms. The molecule has 104 valence electrons. The third-order valence-electron chi connectivity index (χ3n) is 3.97. The number of nitrogens with zero attached hydrogens (tertiary/aromatic N) is 2. The number of carbonyl (C=O) groups excluding carboxylic acids is 1. The molecule has 19 heavy (non-hydrogen) atoms. The van der Waals surface area contributed by atoms with Crippen LogP contribution in [0.15, 0.2) is 10.7 Å². The Kier molecular flexibility index (Phi) is 3.18. The third-order valence-corrected chi connectivity index (χ3v) is 3.97. The van der Waals surface area contributed by atoms with E-state index in [4.69, 9.17) is 14.9 Å². The van der Waals surface area contributed by atoms with E-state index in [2.05, 4.69) is 9.88 Å².